The first kappa shape index (κ1) is 17.5. The number of benzene rings is 2. The summed E-state index contributed by atoms with van der Waals surface area (Å²) in [5.74, 6) is -2.82. The van der Waals surface area contributed by atoms with Crippen LogP contribution in [0, 0.1) is 0 Å². The normalized spacial score (nSPS) is 11.0. The highest BCUT2D eigenvalue weighted by atomic mass is 32.2. The number of aromatic carboxylic acids is 1. The number of rotatable bonds is 5. The molecular weight excluding hydrogens is 336 g/mol. The first-order valence-electron chi connectivity index (χ1n) is 6.71. The highest BCUT2D eigenvalue weighted by Gasteiger charge is 2.19. The minimum Gasteiger partial charge on any atom is -0.507 e. The third-order valence-electron chi connectivity index (χ3n) is 3.26. The number of aromatic hydroxyl groups is 1. The van der Waals surface area contributed by atoms with Gasteiger partial charge in [0, 0.05) is 0 Å². The summed E-state index contributed by atoms with van der Waals surface area (Å²) in [6, 6.07) is 8.80. The molecule has 0 amide bonds. The van der Waals surface area contributed by atoms with Crippen molar-refractivity contribution < 1.29 is 33.0 Å². The van der Waals surface area contributed by atoms with Crippen molar-refractivity contribution in [3.8, 4) is 5.75 Å². The van der Waals surface area contributed by atoms with Crippen molar-refractivity contribution >= 4 is 21.8 Å². The number of methoxy groups -OCH3 is 1. The van der Waals surface area contributed by atoms with Crippen LogP contribution in [-0.2, 0) is 20.3 Å². The number of ether oxygens (including phenoxy) is 1. The van der Waals surface area contributed by atoms with Gasteiger partial charge in [0.15, 0.2) is 9.84 Å². The number of esters is 1. The van der Waals surface area contributed by atoms with E-state index in [2.05, 4.69) is 4.74 Å². The molecule has 2 N–H and O–H groups in total. The molecule has 0 atom stereocenters. The second kappa shape index (κ2) is 6.71. The first-order valence-corrected chi connectivity index (χ1v) is 8.36. The molecule has 0 spiro atoms. The van der Waals surface area contributed by atoms with Gasteiger partial charge in [0.05, 0.1) is 23.3 Å². The van der Waals surface area contributed by atoms with Crippen LogP contribution in [0.1, 0.15) is 26.3 Å². The maximum Gasteiger partial charge on any atom is 0.341 e. The molecule has 2 aromatic rings. The number of carbonyl (C=O) groups is 2. The minimum absolute atomic E-state index is 0.0773. The summed E-state index contributed by atoms with van der Waals surface area (Å²) >= 11 is 0. The fourth-order valence-corrected chi connectivity index (χ4v) is 3.45. The number of hydrogen-bond acceptors (Lipinski definition) is 6. The number of carboxylic acids is 1. The molecule has 0 aliphatic heterocycles. The van der Waals surface area contributed by atoms with Gasteiger partial charge in [-0.25, -0.2) is 18.0 Å². The summed E-state index contributed by atoms with van der Waals surface area (Å²) in [5, 5.41) is 18.7. The Morgan fingerprint density at radius 1 is 1.12 bits per heavy atom. The molecular formula is C16H14O7S. The number of carbonyl (C=O) groups excluding carboxylic acids is 1. The number of hydrogen-bond donors (Lipinski definition) is 2. The van der Waals surface area contributed by atoms with Gasteiger partial charge in [-0.2, -0.15) is 0 Å². The molecule has 0 unspecified atom stereocenters. The van der Waals surface area contributed by atoms with Crippen LogP contribution in [0.4, 0.5) is 0 Å². The van der Waals surface area contributed by atoms with Crippen LogP contribution in [0.15, 0.2) is 47.4 Å². The van der Waals surface area contributed by atoms with Gasteiger partial charge in [-0.15, -0.1) is 0 Å². The second-order valence-electron chi connectivity index (χ2n) is 4.94. The zero-order valence-corrected chi connectivity index (χ0v) is 13.4. The summed E-state index contributed by atoms with van der Waals surface area (Å²) in [6.45, 7) is 0. The second-order valence-corrected chi connectivity index (χ2v) is 6.92. The van der Waals surface area contributed by atoms with E-state index in [0.717, 1.165) is 19.2 Å². The van der Waals surface area contributed by atoms with Crippen LogP contribution in [0.5, 0.6) is 5.75 Å². The van der Waals surface area contributed by atoms with Crippen LogP contribution in [0.25, 0.3) is 0 Å². The average Bonchev–Trinajstić information content (AvgIpc) is 2.54. The molecule has 0 bridgehead atoms. The maximum atomic E-state index is 12.4. The molecule has 2 aromatic carbocycles. The molecule has 0 aliphatic rings. The van der Waals surface area contributed by atoms with Crippen LogP contribution in [0.3, 0.4) is 0 Å². The Hall–Kier alpha value is -2.87. The van der Waals surface area contributed by atoms with Crippen molar-refractivity contribution in [1.29, 1.82) is 0 Å². The lowest BCUT2D eigenvalue weighted by Crippen LogP contribution is -2.08. The molecule has 0 saturated heterocycles. The lowest BCUT2D eigenvalue weighted by Gasteiger charge is -2.08. The third-order valence-corrected chi connectivity index (χ3v) is 4.95. The van der Waals surface area contributed by atoms with Crippen LogP contribution in [0.2, 0.25) is 0 Å². The molecule has 24 heavy (non-hydrogen) atoms. The Labute approximate surface area is 138 Å². The minimum atomic E-state index is -3.82. The molecule has 2 rings (SSSR count). The summed E-state index contributed by atoms with van der Waals surface area (Å²) in [6.07, 6.45) is 0. The number of phenolic OH excluding ortho intramolecular Hbond substituents is 1. The predicted molar refractivity (Wildman–Crippen MR) is 83.7 cm³/mol. The smallest absolute Gasteiger partial charge is 0.341 e. The van der Waals surface area contributed by atoms with E-state index in [-0.39, 0.29) is 21.6 Å². The molecule has 0 heterocycles. The van der Waals surface area contributed by atoms with E-state index in [1.807, 2.05) is 0 Å². The van der Waals surface area contributed by atoms with E-state index in [0.29, 0.717) is 0 Å². The highest BCUT2D eigenvalue weighted by molar-refractivity contribution is 7.90. The third kappa shape index (κ3) is 3.72. The number of sulfone groups is 1. The molecule has 0 aliphatic carbocycles. The van der Waals surface area contributed by atoms with Gasteiger partial charge in [0.2, 0.25) is 0 Å². The Morgan fingerprint density at radius 3 is 2.42 bits per heavy atom. The fraction of sp³-hybridized carbons (Fsp3) is 0.125. The molecule has 8 heteroatoms. The Morgan fingerprint density at radius 2 is 1.83 bits per heavy atom. The standard InChI is InChI=1S/C16H14O7S/c1-23-16(20)13-6-5-10(7-14(13)17)9-24(21,22)12-4-2-3-11(8-12)15(18)19/h2-8,17H,9H2,1H3,(H,18,19). The SMILES string of the molecule is COC(=O)c1ccc(CS(=O)(=O)c2cccc(C(=O)O)c2)cc1O. The topological polar surface area (TPSA) is 118 Å². The Bertz CT molecular complexity index is 900. The van der Waals surface area contributed by atoms with Gasteiger partial charge >= 0.3 is 11.9 Å². The van der Waals surface area contributed by atoms with Crippen LogP contribution >= 0.6 is 0 Å². The van der Waals surface area contributed by atoms with E-state index in [4.69, 9.17) is 5.11 Å². The summed E-state index contributed by atoms with van der Waals surface area (Å²) in [5.41, 5.74) is 0.0346. The fourth-order valence-electron chi connectivity index (χ4n) is 2.07. The van der Waals surface area contributed by atoms with Gasteiger partial charge < -0.3 is 14.9 Å². The van der Waals surface area contributed by atoms with E-state index in [1.54, 1.807) is 0 Å². The lowest BCUT2D eigenvalue weighted by atomic mass is 10.1. The maximum absolute atomic E-state index is 12.4. The van der Waals surface area contributed by atoms with E-state index in [1.165, 1.54) is 30.3 Å². The quantitative estimate of drug-likeness (QED) is 0.790. The molecule has 0 fully saturated rings. The highest BCUT2D eigenvalue weighted by Crippen LogP contribution is 2.23. The van der Waals surface area contributed by atoms with Crippen molar-refractivity contribution in [3.63, 3.8) is 0 Å². The predicted octanol–water partition coefficient (Wildman–Crippen LogP) is 1.85. The van der Waals surface area contributed by atoms with Crippen LogP contribution in [-0.4, -0.2) is 37.7 Å². The van der Waals surface area contributed by atoms with Crippen molar-refractivity contribution in [1.82, 2.24) is 0 Å². The average molecular weight is 350 g/mol. The van der Waals surface area contributed by atoms with E-state index < -0.39 is 33.3 Å². The number of phenols is 1. The van der Waals surface area contributed by atoms with Gasteiger partial charge in [0.1, 0.15) is 11.3 Å². The van der Waals surface area contributed by atoms with Crippen molar-refractivity contribution in [2.45, 2.75) is 10.6 Å². The van der Waals surface area contributed by atoms with Gasteiger partial charge in [-0.05, 0) is 35.9 Å². The van der Waals surface area contributed by atoms with Crippen molar-refractivity contribution in [2.24, 2.45) is 0 Å². The van der Waals surface area contributed by atoms with Crippen molar-refractivity contribution in [3.05, 3.63) is 59.2 Å². The first-order chi connectivity index (χ1) is 11.2. The van der Waals surface area contributed by atoms with Gasteiger partial charge in [-0.3, -0.25) is 0 Å². The van der Waals surface area contributed by atoms with Crippen molar-refractivity contribution in [2.75, 3.05) is 7.11 Å². The lowest BCUT2D eigenvalue weighted by molar-refractivity contribution is 0.0596. The summed E-state index contributed by atoms with van der Waals surface area (Å²) < 4.78 is 29.3. The largest absolute Gasteiger partial charge is 0.507 e. The van der Waals surface area contributed by atoms with E-state index in [9.17, 15) is 23.1 Å². The summed E-state index contributed by atoms with van der Waals surface area (Å²) in [4.78, 5) is 22.2. The zero-order valence-electron chi connectivity index (χ0n) is 12.6. The van der Waals surface area contributed by atoms with Gasteiger partial charge in [-0.1, -0.05) is 12.1 Å². The molecule has 0 aromatic heterocycles. The Kier molecular flexibility index (Phi) is 4.89. The monoisotopic (exact) mass is 350 g/mol. The molecule has 126 valence electrons. The van der Waals surface area contributed by atoms with E-state index >= 15 is 0 Å². The van der Waals surface area contributed by atoms with Gasteiger partial charge in [0.25, 0.3) is 0 Å². The zero-order chi connectivity index (χ0) is 17.9. The Balaban J connectivity index is 2.33. The van der Waals surface area contributed by atoms with Crippen LogP contribution < -0.4 is 0 Å². The number of carboxylic acid groups (broad SMARTS) is 1. The molecule has 0 radical (unpaired) electrons. The summed E-state index contributed by atoms with van der Waals surface area (Å²) in [7, 11) is -2.65. The molecule has 7 nitrogen and oxygen atoms in total. The molecule has 0 saturated carbocycles.